The van der Waals surface area contributed by atoms with E-state index >= 15 is 0 Å². The average molecular weight is 238 g/mol. The fraction of sp³-hybridized carbons (Fsp3) is 0.846. The number of nitrogens with one attached hydrogen (secondary N) is 1. The minimum absolute atomic E-state index is 0.381. The lowest BCUT2D eigenvalue weighted by Crippen LogP contribution is -2.35. The van der Waals surface area contributed by atoms with Crippen LogP contribution in [0.25, 0.3) is 0 Å². The predicted octanol–water partition coefficient (Wildman–Crippen LogP) is 2.43. The van der Waals surface area contributed by atoms with E-state index in [4.69, 9.17) is 0 Å². The van der Waals surface area contributed by atoms with Gasteiger partial charge in [-0.2, -0.15) is 5.10 Å². The molecule has 0 aliphatic heterocycles. The lowest BCUT2D eigenvalue weighted by Gasteiger charge is -2.23. The van der Waals surface area contributed by atoms with Crippen LogP contribution in [0.4, 0.5) is 0 Å². The number of nitrogens with zero attached hydrogens (tertiary/aromatic N) is 3. The van der Waals surface area contributed by atoms with Gasteiger partial charge in [0.05, 0.1) is 0 Å². The summed E-state index contributed by atoms with van der Waals surface area (Å²) < 4.78 is 2.02. The summed E-state index contributed by atoms with van der Waals surface area (Å²) in [6.45, 7) is 8.82. The van der Waals surface area contributed by atoms with Crippen molar-refractivity contribution in [2.24, 2.45) is 5.92 Å². The molecule has 0 saturated heterocycles. The fourth-order valence-electron chi connectivity index (χ4n) is 2.29. The zero-order chi connectivity index (χ0) is 12.8. The Labute approximate surface area is 105 Å². The minimum Gasteiger partial charge on any atom is -0.316 e. The molecule has 1 aromatic heterocycles. The Morgan fingerprint density at radius 2 is 2.06 bits per heavy atom. The SMILES string of the molecule is CCCC(C)C(Cc1ncnn1C(C)C)NC. The molecule has 0 radical (unpaired) electrons. The van der Waals surface area contributed by atoms with Crippen LogP contribution in [0.1, 0.15) is 52.4 Å². The molecule has 4 nitrogen and oxygen atoms in total. The monoisotopic (exact) mass is 238 g/mol. The molecule has 0 spiro atoms. The summed E-state index contributed by atoms with van der Waals surface area (Å²) in [5, 5.41) is 7.70. The van der Waals surface area contributed by atoms with E-state index in [1.165, 1.54) is 12.8 Å². The van der Waals surface area contributed by atoms with Crippen LogP contribution in [0.5, 0.6) is 0 Å². The first kappa shape index (κ1) is 14.2. The predicted molar refractivity (Wildman–Crippen MR) is 71.0 cm³/mol. The number of hydrogen-bond acceptors (Lipinski definition) is 3. The van der Waals surface area contributed by atoms with Gasteiger partial charge in [-0.25, -0.2) is 9.67 Å². The molecule has 0 bridgehead atoms. The molecule has 1 heterocycles. The number of aromatic nitrogens is 3. The topological polar surface area (TPSA) is 42.7 Å². The third-order valence-electron chi connectivity index (χ3n) is 3.34. The van der Waals surface area contributed by atoms with E-state index in [1.54, 1.807) is 6.33 Å². The zero-order valence-electron chi connectivity index (χ0n) is 11.8. The highest BCUT2D eigenvalue weighted by atomic mass is 15.3. The minimum atomic E-state index is 0.381. The van der Waals surface area contributed by atoms with Gasteiger partial charge in [0.25, 0.3) is 0 Å². The van der Waals surface area contributed by atoms with Gasteiger partial charge >= 0.3 is 0 Å². The van der Waals surface area contributed by atoms with E-state index in [2.05, 4.69) is 43.1 Å². The lowest BCUT2D eigenvalue weighted by atomic mass is 9.94. The molecule has 2 atom stereocenters. The molecule has 0 aliphatic rings. The smallest absolute Gasteiger partial charge is 0.138 e. The van der Waals surface area contributed by atoms with Crippen LogP contribution in [0.3, 0.4) is 0 Å². The Bertz CT molecular complexity index is 319. The Morgan fingerprint density at radius 1 is 1.35 bits per heavy atom. The molecular formula is C13H26N4. The van der Waals surface area contributed by atoms with Crippen LogP contribution >= 0.6 is 0 Å². The molecule has 17 heavy (non-hydrogen) atoms. The first-order chi connectivity index (χ1) is 8.10. The van der Waals surface area contributed by atoms with Crippen molar-refractivity contribution in [3.8, 4) is 0 Å². The van der Waals surface area contributed by atoms with Crippen molar-refractivity contribution in [2.45, 2.75) is 59.0 Å². The second-order valence-corrected chi connectivity index (χ2v) is 5.08. The molecule has 2 unspecified atom stereocenters. The second-order valence-electron chi connectivity index (χ2n) is 5.08. The largest absolute Gasteiger partial charge is 0.316 e. The highest BCUT2D eigenvalue weighted by molar-refractivity contribution is 4.92. The van der Waals surface area contributed by atoms with Gasteiger partial charge in [0.15, 0.2) is 0 Å². The molecule has 0 fully saturated rings. The van der Waals surface area contributed by atoms with E-state index in [1.807, 2.05) is 11.7 Å². The van der Waals surface area contributed by atoms with E-state index in [0.717, 1.165) is 12.2 Å². The van der Waals surface area contributed by atoms with E-state index < -0.39 is 0 Å². The van der Waals surface area contributed by atoms with Crippen LogP contribution in [0, 0.1) is 5.92 Å². The average Bonchev–Trinajstić information content (AvgIpc) is 2.74. The highest BCUT2D eigenvalue weighted by Crippen LogP contribution is 2.15. The third-order valence-corrected chi connectivity index (χ3v) is 3.34. The van der Waals surface area contributed by atoms with Crippen LogP contribution in [0.15, 0.2) is 6.33 Å². The van der Waals surface area contributed by atoms with Crippen LogP contribution in [0.2, 0.25) is 0 Å². The Morgan fingerprint density at radius 3 is 2.59 bits per heavy atom. The number of rotatable bonds is 7. The first-order valence-electron chi connectivity index (χ1n) is 6.65. The Hall–Kier alpha value is -0.900. The first-order valence-corrected chi connectivity index (χ1v) is 6.65. The summed E-state index contributed by atoms with van der Waals surface area (Å²) in [6, 6.07) is 0.864. The third kappa shape index (κ3) is 3.80. The van der Waals surface area contributed by atoms with Gasteiger partial charge in [-0.05, 0) is 33.2 Å². The standard InChI is InChI=1S/C13H26N4/c1-6-7-11(4)12(14-5)8-13-15-9-16-17(13)10(2)3/h9-12,14H,6-8H2,1-5H3. The molecule has 1 aromatic rings. The maximum atomic E-state index is 4.38. The molecule has 1 N–H and O–H groups in total. The van der Waals surface area contributed by atoms with Crippen molar-refractivity contribution in [1.29, 1.82) is 0 Å². The van der Waals surface area contributed by atoms with Crippen molar-refractivity contribution < 1.29 is 0 Å². The summed E-state index contributed by atoms with van der Waals surface area (Å²) in [6.07, 6.45) is 5.10. The summed E-state index contributed by atoms with van der Waals surface area (Å²) >= 11 is 0. The highest BCUT2D eigenvalue weighted by Gasteiger charge is 2.18. The van der Waals surface area contributed by atoms with Crippen molar-refractivity contribution in [3.05, 3.63) is 12.2 Å². The molecule has 0 amide bonds. The quantitative estimate of drug-likeness (QED) is 0.793. The van der Waals surface area contributed by atoms with Crippen LogP contribution in [-0.4, -0.2) is 27.9 Å². The van der Waals surface area contributed by atoms with Crippen LogP contribution < -0.4 is 5.32 Å². The number of likely N-dealkylation sites (N-methyl/N-ethyl adjacent to an activating group) is 1. The summed E-state index contributed by atoms with van der Waals surface area (Å²) in [5.74, 6) is 1.75. The maximum absolute atomic E-state index is 4.38. The Balaban J connectivity index is 2.70. The second kappa shape index (κ2) is 6.74. The molecular weight excluding hydrogens is 212 g/mol. The van der Waals surface area contributed by atoms with E-state index in [9.17, 15) is 0 Å². The normalized spacial score (nSPS) is 15.2. The number of hydrogen-bond donors (Lipinski definition) is 1. The Kier molecular flexibility index (Phi) is 5.62. The maximum Gasteiger partial charge on any atom is 0.138 e. The molecule has 1 rings (SSSR count). The van der Waals surface area contributed by atoms with Crippen molar-refractivity contribution in [2.75, 3.05) is 7.05 Å². The van der Waals surface area contributed by atoms with Crippen molar-refractivity contribution >= 4 is 0 Å². The van der Waals surface area contributed by atoms with Gasteiger partial charge < -0.3 is 5.32 Å². The van der Waals surface area contributed by atoms with Crippen LogP contribution in [-0.2, 0) is 6.42 Å². The summed E-state index contributed by atoms with van der Waals surface area (Å²) in [7, 11) is 2.03. The van der Waals surface area contributed by atoms with Gasteiger partial charge in [0.2, 0.25) is 0 Å². The van der Waals surface area contributed by atoms with Gasteiger partial charge in [0.1, 0.15) is 12.2 Å². The molecule has 0 aliphatic carbocycles. The van der Waals surface area contributed by atoms with Gasteiger partial charge in [0, 0.05) is 18.5 Å². The molecule has 98 valence electrons. The molecule has 0 aromatic carbocycles. The van der Waals surface area contributed by atoms with Gasteiger partial charge in [-0.1, -0.05) is 20.3 Å². The van der Waals surface area contributed by atoms with E-state index in [0.29, 0.717) is 18.0 Å². The van der Waals surface area contributed by atoms with Gasteiger partial charge in [-0.3, -0.25) is 0 Å². The summed E-state index contributed by atoms with van der Waals surface area (Å²) in [5.41, 5.74) is 0. The fourth-order valence-corrected chi connectivity index (χ4v) is 2.29. The summed E-state index contributed by atoms with van der Waals surface area (Å²) in [4.78, 5) is 4.38. The molecule has 4 heteroatoms. The zero-order valence-corrected chi connectivity index (χ0v) is 11.8. The van der Waals surface area contributed by atoms with Crippen molar-refractivity contribution in [3.63, 3.8) is 0 Å². The van der Waals surface area contributed by atoms with E-state index in [-0.39, 0.29) is 0 Å². The van der Waals surface area contributed by atoms with Gasteiger partial charge in [-0.15, -0.1) is 0 Å². The lowest BCUT2D eigenvalue weighted by molar-refractivity contribution is 0.357. The van der Waals surface area contributed by atoms with Crippen molar-refractivity contribution in [1.82, 2.24) is 20.1 Å². The molecule has 0 saturated carbocycles.